The number of nitrogens with zero attached hydrogens (tertiary/aromatic N) is 4. The van der Waals surface area contributed by atoms with Crippen LogP contribution in [0.4, 0.5) is 10.6 Å². The molecule has 2 aliphatic rings. The largest absolute Gasteiger partial charge is 0.444 e. The zero-order valence-corrected chi connectivity index (χ0v) is 17.6. The highest BCUT2D eigenvalue weighted by atomic mass is 16.6. The van der Waals surface area contributed by atoms with Gasteiger partial charge in [-0.15, -0.1) is 0 Å². The number of fused-ring (bicyclic) bond motifs is 1. The number of hydrogen-bond acceptors (Lipinski definition) is 5. The van der Waals surface area contributed by atoms with Crippen LogP contribution >= 0.6 is 0 Å². The third-order valence-electron chi connectivity index (χ3n) is 5.73. The van der Waals surface area contributed by atoms with Crippen LogP contribution < -0.4 is 10.6 Å². The van der Waals surface area contributed by atoms with E-state index in [1.54, 1.807) is 4.90 Å². The highest BCUT2D eigenvalue weighted by Crippen LogP contribution is 2.28. The van der Waals surface area contributed by atoms with Crippen molar-refractivity contribution in [3.63, 3.8) is 0 Å². The molecule has 7 nitrogen and oxygen atoms in total. The summed E-state index contributed by atoms with van der Waals surface area (Å²) in [4.78, 5) is 33.5. The molecule has 1 aromatic heterocycles. The smallest absolute Gasteiger partial charge is 0.410 e. The van der Waals surface area contributed by atoms with Crippen molar-refractivity contribution in [2.45, 2.75) is 52.2 Å². The van der Waals surface area contributed by atoms with Gasteiger partial charge in [0.15, 0.2) is 0 Å². The molecule has 1 amide bonds. The average molecular weight is 399 g/mol. The molecule has 2 aromatic rings. The summed E-state index contributed by atoms with van der Waals surface area (Å²) in [6.07, 6.45) is 2.61. The summed E-state index contributed by atoms with van der Waals surface area (Å²) in [6, 6.07) is 8.04. The minimum Gasteiger partial charge on any atom is -0.444 e. The predicted octanol–water partition coefficient (Wildman–Crippen LogP) is 3.25. The number of para-hydroxylation sites is 1. The molecule has 0 unspecified atom stereocenters. The number of ether oxygens (including phenoxy) is 1. The zero-order valence-electron chi connectivity index (χ0n) is 17.6. The lowest BCUT2D eigenvalue weighted by Gasteiger charge is -2.34. The van der Waals surface area contributed by atoms with Crippen molar-refractivity contribution in [2.75, 3.05) is 31.1 Å². The third kappa shape index (κ3) is 4.23. The Morgan fingerprint density at radius 3 is 2.45 bits per heavy atom. The quantitative estimate of drug-likeness (QED) is 0.794. The van der Waals surface area contributed by atoms with E-state index in [1.165, 1.54) is 0 Å². The number of anilines is 1. The standard InChI is InChI=1S/C22H30N4O3/c1-22(2,3)29-21(28)25-13-9-16(10-14-25)15-26-18-8-5-4-7-17(18)19(23-20(26)27)24-11-6-12-24/h4-5,7-8,16H,6,9-15H2,1-3H3. The molecule has 7 heteroatoms. The number of piperidine rings is 1. The Bertz CT molecular complexity index is 951. The van der Waals surface area contributed by atoms with Crippen molar-refractivity contribution in [1.82, 2.24) is 14.5 Å². The Labute approximate surface area is 171 Å². The predicted molar refractivity (Wildman–Crippen MR) is 113 cm³/mol. The fourth-order valence-corrected chi connectivity index (χ4v) is 4.04. The molecule has 0 spiro atoms. The van der Waals surface area contributed by atoms with E-state index in [1.807, 2.05) is 43.5 Å². The molecule has 0 radical (unpaired) electrons. The molecule has 0 N–H and O–H groups in total. The van der Waals surface area contributed by atoms with Gasteiger partial charge >= 0.3 is 11.8 Å². The Kier molecular flexibility index (Phi) is 5.23. The minimum atomic E-state index is -0.482. The first-order chi connectivity index (χ1) is 13.8. The van der Waals surface area contributed by atoms with Crippen LogP contribution in [0, 0.1) is 5.92 Å². The van der Waals surface area contributed by atoms with Crippen molar-refractivity contribution in [3.8, 4) is 0 Å². The maximum absolute atomic E-state index is 12.8. The second-order valence-electron chi connectivity index (χ2n) is 9.10. The molecular weight excluding hydrogens is 368 g/mol. The van der Waals surface area contributed by atoms with E-state index in [0.29, 0.717) is 25.6 Å². The van der Waals surface area contributed by atoms with Gasteiger partial charge in [-0.05, 0) is 58.1 Å². The van der Waals surface area contributed by atoms with Gasteiger partial charge in [-0.3, -0.25) is 4.57 Å². The average Bonchev–Trinajstić information content (AvgIpc) is 2.62. The molecule has 0 atom stereocenters. The highest BCUT2D eigenvalue weighted by molar-refractivity contribution is 5.90. The second-order valence-corrected chi connectivity index (χ2v) is 9.10. The number of aromatic nitrogens is 2. The van der Waals surface area contributed by atoms with E-state index in [4.69, 9.17) is 4.74 Å². The molecule has 4 rings (SSSR count). The van der Waals surface area contributed by atoms with Crippen molar-refractivity contribution < 1.29 is 9.53 Å². The fourth-order valence-electron chi connectivity index (χ4n) is 4.04. The van der Waals surface area contributed by atoms with Crippen LogP contribution in [0.15, 0.2) is 29.1 Å². The number of carbonyl (C=O) groups is 1. The van der Waals surface area contributed by atoms with Gasteiger partial charge in [-0.1, -0.05) is 12.1 Å². The first-order valence-corrected chi connectivity index (χ1v) is 10.5. The van der Waals surface area contributed by atoms with Crippen LogP contribution in [-0.2, 0) is 11.3 Å². The summed E-state index contributed by atoms with van der Waals surface area (Å²) >= 11 is 0. The van der Waals surface area contributed by atoms with Gasteiger partial charge in [0.1, 0.15) is 11.4 Å². The van der Waals surface area contributed by atoms with Gasteiger partial charge in [0.25, 0.3) is 0 Å². The number of rotatable bonds is 3. The van der Waals surface area contributed by atoms with Crippen molar-refractivity contribution in [3.05, 3.63) is 34.7 Å². The Hall–Kier alpha value is -2.57. The van der Waals surface area contributed by atoms with Crippen LogP contribution in [0.1, 0.15) is 40.0 Å². The molecule has 1 aromatic carbocycles. The lowest BCUT2D eigenvalue weighted by atomic mass is 9.96. The lowest BCUT2D eigenvalue weighted by molar-refractivity contribution is 0.0178. The molecule has 0 bridgehead atoms. The molecule has 0 aliphatic carbocycles. The van der Waals surface area contributed by atoms with E-state index in [0.717, 1.165) is 49.1 Å². The second kappa shape index (κ2) is 7.69. The molecule has 0 saturated carbocycles. The van der Waals surface area contributed by atoms with Gasteiger partial charge in [0, 0.05) is 38.1 Å². The fraction of sp³-hybridized carbons (Fsp3) is 0.591. The maximum Gasteiger partial charge on any atom is 0.410 e. The van der Waals surface area contributed by atoms with Gasteiger partial charge < -0.3 is 14.5 Å². The van der Waals surface area contributed by atoms with Crippen LogP contribution in [0.25, 0.3) is 10.9 Å². The van der Waals surface area contributed by atoms with Crippen molar-refractivity contribution in [2.24, 2.45) is 5.92 Å². The van der Waals surface area contributed by atoms with Crippen LogP contribution in [0.5, 0.6) is 0 Å². The van der Waals surface area contributed by atoms with E-state index < -0.39 is 5.60 Å². The molecule has 3 heterocycles. The normalized spacial score (nSPS) is 18.0. The summed E-state index contributed by atoms with van der Waals surface area (Å²) in [7, 11) is 0. The molecule has 156 valence electrons. The number of hydrogen-bond donors (Lipinski definition) is 0. The third-order valence-corrected chi connectivity index (χ3v) is 5.73. The minimum absolute atomic E-state index is 0.180. The van der Waals surface area contributed by atoms with Crippen LogP contribution in [0.2, 0.25) is 0 Å². The Morgan fingerprint density at radius 2 is 1.83 bits per heavy atom. The molecule has 29 heavy (non-hydrogen) atoms. The van der Waals surface area contributed by atoms with Crippen LogP contribution in [0.3, 0.4) is 0 Å². The first-order valence-electron chi connectivity index (χ1n) is 10.5. The zero-order chi connectivity index (χ0) is 20.6. The number of likely N-dealkylation sites (tertiary alicyclic amines) is 1. The summed E-state index contributed by atoms with van der Waals surface area (Å²) in [5.74, 6) is 1.15. The van der Waals surface area contributed by atoms with Crippen LogP contribution in [-0.4, -0.2) is 52.3 Å². The van der Waals surface area contributed by atoms with Gasteiger partial charge in [-0.2, -0.15) is 4.98 Å². The van der Waals surface area contributed by atoms with E-state index in [9.17, 15) is 9.59 Å². The van der Waals surface area contributed by atoms with E-state index in [2.05, 4.69) is 16.0 Å². The van der Waals surface area contributed by atoms with Gasteiger partial charge in [0.2, 0.25) is 0 Å². The number of carbonyl (C=O) groups excluding carboxylic acids is 1. The summed E-state index contributed by atoms with van der Waals surface area (Å²) < 4.78 is 7.29. The molecule has 2 aliphatic heterocycles. The van der Waals surface area contributed by atoms with Crippen molar-refractivity contribution in [1.29, 1.82) is 0 Å². The lowest BCUT2D eigenvalue weighted by Crippen LogP contribution is -2.43. The highest BCUT2D eigenvalue weighted by Gasteiger charge is 2.28. The number of benzene rings is 1. The van der Waals surface area contributed by atoms with Gasteiger partial charge in [0.05, 0.1) is 5.52 Å². The molecule has 2 fully saturated rings. The summed E-state index contributed by atoms with van der Waals surface area (Å²) in [6.45, 7) is 9.52. The van der Waals surface area contributed by atoms with E-state index >= 15 is 0 Å². The molecular formula is C22H30N4O3. The number of amides is 1. The summed E-state index contributed by atoms with van der Waals surface area (Å²) in [5, 5.41) is 1.04. The first kappa shape index (κ1) is 19.7. The van der Waals surface area contributed by atoms with E-state index in [-0.39, 0.29) is 11.8 Å². The molecule has 2 saturated heterocycles. The summed E-state index contributed by atoms with van der Waals surface area (Å²) in [5.41, 5.74) is 0.286. The Balaban J connectivity index is 1.49. The topological polar surface area (TPSA) is 67.7 Å². The monoisotopic (exact) mass is 398 g/mol. The SMILES string of the molecule is CC(C)(C)OC(=O)N1CCC(Cn2c(=O)nc(N3CCC3)c3ccccc32)CC1. The van der Waals surface area contributed by atoms with Crippen molar-refractivity contribution >= 4 is 22.8 Å². The Morgan fingerprint density at radius 1 is 1.14 bits per heavy atom. The van der Waals surface area contributed by atoms with Gasteiger partial charge in [-0.25, -0.2) is 9.59 Å². The maximum atomic E-state index is 12.8.